The molecule has 0 fully saturated rings. The summed E-state index contributed by atoms with van der Waals surface area (Å²) in [7, 11) is 0. The van der Waals surface area contributed by atoms with Crippen molar-refractivity contribution in [2.75, 3.05) is 0 Å². The average Bonchev–Trinajstić information content (AvgIpc) is 2.52. The molecule has 22 heavy (non-hydrogen) atoms. The molecule has 0 heteroatoms. The van der Waals surface area contributed by atoms with Crippen LogP contribution >= 0.6 is 0 Å². The fourth-order valence-electron chi connectivity index (χ4n) is 3.28. The maximum atomic E-state index is 4.35. The van der Waals surface area contributed by atoms with Crippen molar-refractivity contribution in [2.45, 2.75) is 129 Å². The van der Waals surface area contributed by atoms with E-state index in [1.165, 1.54) is 116 Å². The predicted octanol–water partition coefficient (Wildman–Crippen LogP) is 8.50. The molecule has 0 aromatic heterocycles. The van der Waals surface area contributed by atoms with Crippen LogP contribution in [0.15, 0.2) is 0 Å². The molecule has 0 aliphatic rings. The Labute approximate surface area is 142 Å². The molecule has 0 bridgehead atoms. The third kappa shape index (κ3) is 18.1. The minimum atomic E-state index is 0.722. The molecule has 0 heterocycles. The normalized spacial score (nSPS) is 12.7. The maximum absolute atomic E-state index is 4.35. The minimum Gasteiger partial charge on any atom is -0.0654 e. The van der Waals surface area contributed by atoms with Crippen LogP contribution in [-0.2, 0) is 0 Å². The van der Waals surface area contributed by atoms with Gasteiger partial charge in [-0.25, -0.2) is 0 Å². The van der Waals surface area contributed by atoms with Crippen molar-refractivity contribution in [1.29, 1.82) is 0 Å². The van der Waals surface area contributed by atoms with Crippen molar-refractivity contribution in [3.05, 3.63) is 6.92 Å². The highest BCUT2D eigenvalue weighted by Crippen LogP contribution is 2.18. The third-order valence-corrected chi connectivity index (χ3v) is 4.93. The van der Waals surface area contributed by atoms with Gasteiger partial charge in [0.15, 0.2) is 0 Å². The Morgan fingerprint density at radius 3 is 1.05 bits per heavy atom. The van der Waals surface area contributed by atoms with Gasteiger partial charge in [0, 0.05) is 0 Å². The Morgan fingerprint density at radius 1 is 0.455 bits per heavy atom. The van der Waals surface area contributed by atoms with Gasteiger partial charge in [-0.05, 0) is 5.92 Å². The summed E-state index contributed by atoms with van der Waals surface area (Å²) in [6.07, 6.45) is 25.7. The van der Waals surface area contributed by atoms with E-state index in [0.717, 1.165) is 5.92 Å². The van der Waals surface area contributed by atoms with Gasteiger partial charge in [0.05, 0.1) is 0 Å². The van der Waals surface area contributed by atoms with E-state index >= 15 is 0 Å². The lowest BCUT2D eigenvalue weighted by molar-refractivity contribution is 0.460. The van der Waals surface area contributed by atoms with E-state index in [-0.39, 0.29) is 0 Å². The Morgan fingerprint density at radius 2 is 0.727 bits per heavy atom. The summed E-state index contributed by atoms with van der Waals surface area (Å²) < 4.78 is 0. The first kappa shape index (κ1) is 22.0. The second-order valence-corrected chi connectivity index (χ2v) is 7.39. The first-order valence-corrected chi connectivity index (χ1v) is 10.6. The van der Waals surface area contributed by atoms with Gasteiger partial charge in [0.1, 0.15) is 0 Å². The molecule has 0 saturated heterocycles. The Bertz CT molecular complexity index is 184. The molecule has 1 radical (unpaired) electrons. The fraction of sp³-hybridized carbons (Fsp3) is 0.955. The predicted molar refractivity (Wildman–Crippen MR) is 103 cm³/mol. The smallest absolute Gasteiger partial charge is 0.0414 e. The summed E-state index contributed by atoms with van der Waals surface area (Å²) in [5.74, 6) is 0.722. The van der Waals surface area contributed by atoms with Crippen LogP contribution in [0.2, 0.25) is 0 Å². The van der Waals surface area contributed by atoms with Crippen molar-refractivity contribution in [3.63, 3.8) is 0 Å². The molecule has 0 spiro atoms. The molecular weight excluding hydrogens is 264 g/mol. The molecule has 0 aromatic carbocycles. The molecular formula is C22H45. The molecule has 0 N–H and O–H groups in total. The topological polar surface area (TPSA) is 0 Å². The van der Waals surface area contributed by atoms with Crippen LogP contribution in [0.4, 0.5) is 0 Å². The van der Waals surface area contributed by atoms with Gasteiger partial charge in [0.2, 0.25) is 0 Å². The van der Waals surface area contributed by atoms with Crippen LogP contribution in [-0.4, -0.2) is 0 Å². The Balaban J connectivity index is 3.11. The molecule has 0 amide bonds. The summed E-state index contributed by atoms with van der Waals surface area (Å²) >= 11 is 0. The van der Waals surface area contributed by atoms with E-state index in [0.29, 0.717) is 0 Å². The van der Waals surface area contributed by atoms with Crippen LogP contribution in [0.1, 0.15) is 129 Å². The highest BCUT2D eigenvalue weighted by molar-refractivity contribution is 4.62. The van der Waals surface area contributed by atoms with Gasteiger partial charge < -0.3 is 0 Å². The van der Waals surface area contributed by atoms with Crippen LogP contribution in [0, 0.1) is 12.8 Å². The van der Waals surface area contributed by atoms with Crippen LogP contribution in [0.5, 0.6) is 0 Å². The number of rotatable bonds is 18. The highest BCUT2D eigenvalue weighted by Gasteiger charge is 2.02. The van der Waals surface area contributed by atoms with Gasteiger partial charge >= 0.3 is 0 Å². The van der Waals surface area contributed by atoms with Crippen molar-refractivity contribution < 1.29 is 0 Å². The van der Waals surface area contributed by atoms with E-state index in [9.17, 15) is 0 Å². The minimum absolute atomic E-state index is 0.722. The number of hydrogen-bond acceptors (Lipinski definition) is 0. The molecule has 0 rings (SSSR count). The molecule has 1 atom stereocenters. The van der Waals surface area contributed by atoms with E-state index in [1.807, 2.05) is 0 Å². The molecule has 0 nitrogen and oxygen atoms in total. The lowest BCUT2D eigenvalue weighted by Crippen LogP contribution is -1.95. The van der Waals surface area contributed by atoms with Crippen molar-refractivity contribution in [3.8, 4) is 0 Å². The van der Waals surface area contributed by atoms with E-state index in [2.05, 4.69) is 20.8 Å². The summed E-state index contributed by atoms with van der Waals surface area (Å²) in [5, 5.41) is 0. The van der Waals surface area contributed by atoms with E-state index in [4.69, 9.17) is 0 Å². The summed E-state index contributed by atoms with van der Waals surface area (Å²) in [6.45, 7) is 8.94. The second kappa shape index (κ2) is 19.0. The summed E-state index contributed by atoms with van der Waals surface area (Å²) in [5.41, 5.74) is 0. The average molecular weight is 310 g/mol. The number of unbranched alkanes of at least 4 members (excludes halogenated alkanes) is 14. The van der Waals surface area contributed by atoms with E-state index in [1.54, 1.807) is 0 Å². The van der Waals surface area contributed by atoms with E-state index < -0.39 is 0 Å². The molecule has 0 aliphatic carbocycles. The highest BCUT2D eigenvalue weighted by atomic mass is 14.1. The quantitative estimate of drug-likeness (QED) is 0.223. The van der Waals surface area contributed by atoms with Gasteiger partial charge in [-0.1, -0.05) is 136 Å². The van der Waals surface area contributed by atoms with Crippen LogP contribution < -0.4 is 0 Å². The zero-order valence-corrected chi connectivity index (χ0v) is 16.0. The van der Waals surface area contributed by atoms with Gasteiger partial charge in [0.25, 0.3) is 0 Å². The standard InChI is InChI=1S/C22H45/c1-4-6-8-10-12-13-15-17-19-21-22(3)20-18-16-14-11-9-7-5-2/h22H,3-21H2,1-2H3. The van der Waals surface area contributed by atoms with Crippen molar-refractivity contribution in [1.82, 2.24) is 0 Å². The lowest BCUT2D eigenvalue weighted by Gasteiger charge is -2.11. The molecule has 133 valence electrons. The first-order chi connectivity index (χ1) is 10.8. The van der Waals surface area contributed by atoms with Crippen molar-refractivity contribution >= 4 is 0 Å². The SMILES string of the molecule is [CH2]C(CCCCCCCCC)CCCCCCCCCCC. The fourth-order valence-corrected chi connectivity index (χ4v) is 3.28. The Kier molecular flexibility index (Phi) is 19.0. The zero-order valence-electron chi connectivity index (χ0n) is 16.0. The molecule has 1 unspecified atom stereocenters. The largest absolute Gasteiger partial charge is 0.0654 e. The number of hydrogen-bond donors (Lipinski definition) is 0. The van der Waals surface area contributed by atoms with Gasteiger partial charge in [-0.2, -0.15) is 0 Å². The molecule has 0 saturated carbocycles. The first-order valence-electron chi connectivity index (χ1n) is 10.6. The van der Waals surface area contributed by atoms with Crippen molar-refractivity contribution in [2.24, 2.45) is 5.92 Å². The zero-order chi connectivity index (χ0) is 16.3. The van der Waals surface area contributed by atoms with Crippen LogP contribution in [0.3, 0.4) is 0 Å². The monoisotopic (exact) mass is 309 g/mol. The summed E-state index contributed by atoms with van der Waals surface area (Å²) in [6, 6.07) is 0. The maximum Gasteiger partial charge on any atom is -0.0414 e. The van der Waals surface area contributed by atoms with Crippen LogP contribution in [0.25, 0.3) is 0 Å². The second-order valence-electron chi connectivity index (χ2n) is 7.39. The van der Waals surface area contributed by atoms with Gasteiger partial charge in [-0.3, -0.25) is 0 Å². The molecule has 0 aromatic rings. The molecule has 0 aliphatic heterocycles. The Hall–Kier alpha value is 0. The van der Waals surface area contributed by atoms with Gasteiger partial charge in [-0.15, -0.1) is 0 Å². The third-order valence-electron chi connectivity index (χ3n) is 4.93. The lowest BCUT2D eigenvalue weighted by atomic mass is 9.96. The summed E-state index contributed by atoms with van der Waals surface area (Å²) in [4.78, 5) is 0.